The summed E-state index contributed by atoms with van der Waals surface area (Å²) in [4.78, 5) is 2.76. The molecule has 1 aliphatic heterocycles. The van der Waals surface area contributed by atoms with Crippen molar-refractivity contribution in [2.45, 2.75) is 62.6 Å². The summed E-state index contributed by atoms with van der Waals surface area (Å²) < 4.78 is 5.34. The van der Waals surface area contributed by atoms with Gasteiger partial charge in [0, 0.05) is 36.9 Å². The van der Waals surface area contributed by atoms with Gasteiger partial charge in [-0.1, -0.05) is 0 Å². The Morgan fingerprint density at radius 3 is 2.48 bits per heavy atom. The normalized spacial score (nSPS) is 38.9. The second-order valence-corrected chi connectivity index (χ2v) is 9.60. The van der Waals surface area contributed by atoms with Crippen LogP contribution < -0.4 is 15.8 Å². The van der Waals surface area contributed by atoms with Crippen molar-refractivity contribution in [3.05, 3.63) is 18.2 Å². The molecule has 0 aromatic heterocycles. The Hall–Kier alpha value is -1.46. The largest absolute Gasteiger partial charge is 0.495 e. The number of methoxy groups -OCH3 is 1. The maximum Gasteiger partial charge on any atom is 0.143 e. The third-order valence-electron chi connectivity index (χ3n) is 7.75. The zero-order valence-electron chi connectivity index (χ0n) is 16.4. The van der Waals surface area contributed by atoms with Gasteiger partial charge in [0.1, 0.15) is 5.75 Å². The lowest BCUT2D eigenvalue weighted by Gasteiger charge is -2.61. The van der Waals surface area contributed by atoms with Crippen molar-refractivity contribution < 1.29 is 9.84 Å². The average Bonchev–Trinajstić information content (AvgIpc) is 2.63. The summed E-state index contributed by atoms with van der Waals surface area (Å²) in [5.41, 5.74) is 7.38. The molecular weight excluding hydrogens is 338 g/mol. The number of likely N-dealkylation sites (tertiary alicyclic amines) is 1. The van der Waals surface area contributed by atoms with Crippen LogP contribution in [0.15, 0.2) is 18.2 Å². The summed E-state index contributed by atoms with van der Waals surface area (Å²) in [7, 11) is 1.66. The number of nitrogens with zero attached hydrogens (tertiary/aromatic N) is 1. The molecule has 5 nitrogen and oxygen atoms in total. The van der Waals surface area contributed by atoms with E-state index in [0.717, 1.165) is 54.5 Å². The summed E-state index contributed by atoms with van der Waals surface area (Å²) in [6.07, 6.45) is 8.23. The van der Waals surface area contributed by atoms with Gasteiger partial charge in [0.05, 0.1) is 18.4 Å². The second-order valence-electron chi connectivity index (χ2n) is 9.60. The maximum absolute atomic E-state index is 10.8. The van der Waals surface area contributed by atoms with Gasteiger partial charge in [-0.05, 0) is 74.8 Å². The molecule has 6 rings (SSSR count). The summed E-state index contributed by atoms with van der Waals surface area (Å²) >= 11 is 0. The molecule has 148 valence electrons. The van der Waals surface area contributed by atoms with Crippen LogP contribution in [0.2, 0.25) is 0 Å². The minimum absolute atomic E-state index is 0.318. The molecule has 4 saturated carbocycles. The lowest BCUT2D eigenvalue weighted by molar-refractivity contribution is -0.161. The molecule has 4 aliphatic carbocycles. The number of anilines is 2. The number of nitrogen functional groups attached to an aromatic ring is 1. The van der Waals surface area contributed by atoms with Crippen LogP contribution in [0.4, 0.5) is 11.4 Å². The van der Waals surface area contributed by atoms with Crippen LogP contribution in [-0.4, -0.2) is 47.9 Å². The predicted octanol–water partition coefficient (Wildman–Crippen LogP) is 3.09. The molecule has 1 saturated heterocycles. The first-order chi connectivity index (χ1) is 13.0. The SMILES string of the molecule is COc1cc(NC2CCN(C3C4CC5CC3CC(O)(C5)C4)CC2)ccc1N. The highest BCUT2D eigenvalue weighted by Crippen LogP contribution is 2.57. The Morgan fingerprint density at radius 1 is 1.15 bits per heavy atom. The van der Waals surface area contributed by atoms with Gasteiger partial charge in [-0.2, -0.15) is 0 Å². The second kappa shape index (κ2) is 6.56. The highest BCUT2D eigenvalue weighted by molar-refractivity contribution is 5.61. The van der Waals surface area contributed by atoms with Gasteiger partial charge < -0.3 is 20.9 Å². The lowest BCUT2D eigenvalue weighted by atomic mass is 9.52. The Bertz CT molecular complexity index is 685. The summed E-state index contributed by atoms with van der Waals surface area (Å²) in [5, 5.41) is 14.5. The lowest BCUT2D eigenvalue weighted by Crippen LogP contribution is -2.62. The van der Waals surface area contributed by atoms with E-state index in [2.05, 4.69) is 10.2 Å². The standard InChI is InChI=1S/C22H33N3O2/c1-27-20-10-18(2-3-19(20)23)24-17-4-6-25(7-5-17)21-15-8-14-9-16(21)13-22(26,11-14)12-15/h2-3,10,14-17,21,24,26H,4-9,11-13,23H2,1H3. The fraction of sp³-hybridized carbons (Fsp3) is 0.727. The third-order valence-corrected chi connectivity index (χ3v) is 7.75. The van der Waals surface area contributed by atoms with Crippen LogP contribution in [0.5, 0.6) is 5.75 Å². The van der Waals surface area contributed by atoms with E-state index in [1.54, 1.807) is 7.11 Å². The highest BCUT2D eigenvalue weighted by Gasteiger charge is 2.56. The van der Waals surface area contributed by atoms with E-state index in [0.29, 0.717) is 11.7 Å². The van der Waals surface area contributed by atoms with Gasteiger partial charge in [-0.15, -0.1) is 0 Å². The number of aliphatic hydroxyl groups is 1. The van der Waals surface area contributed by atoms with E-state index in [-0.39, 0.29) is 5.60 Å². The molecule has 2 atom stereocenters. The van der Waals surface area contributed by atoms with Crippen molar-refractivity contribution in [3.8, 4) is 5.75 Å². The van der Waals surface area contributed by atoms with E-state index < -0.39 is 0 Å². The molecule has 4 bridgehead atoms. The molecular formula is C22H33N3O2. The minimum atomic E-state index is -0.318. The topological polar surface area (TPSA) is 70.8 Å². The molecule has 1 aromatic carbocycles. The van der Waals surface area contributed by atoms with Crippen LogP contribution in [-0.2, 0) is 0 Å². The molecule has 5 aliphatic rings. The van der Waals surface area contributed by atoms with E-state index in [9.17, 15) is 5.11 Å². The number of hydrogen-bond donors (Lipinski definition) is 3. The monoisotopic (exact) mass is 371 g/mol. The van der Waals surface area contributed by atoms with E-state index in [4.69, 9.17) is 10.5 Å². The highest BCUT2D eigenvalue weighted by atomic mass is 16.5. The van der Waals surface area contributed by atoms with Crippen LogP contribution in [0.1, 0.15) is 44.9 Å². The van der Waals surface area contributed by atoms with Crippen LogP contribution >= 0.6 is 0 Å². The van der Waals surface area contributed by atoms with Crippen molar-refractivity contribution in [1.82, 2.24) is 4.90 Å². The van der Waals surface area contributed by atoms with Crippen molar-refractivity contribution in [3.63, 3.8) is 0 Å². The van der Waals surface area contributed by atoms with Crippen molar-refractivity contribution in [2.75, 3.05) is 31.2 Å². The Labute approximate surface area is 162 Å². The predicted molar refractivity (Wildman–Crippen MR) is 108 cm³/mol. The Balaban J connectivity index is 1.20. The zero-order valence-corrected chi connectivity index (χ0v) is 16.4. The van der Waals surface area contributed by atoms with Gasteiger partial charge in [0.2, 0.25) is 0 Å². The smallest absolute Gasteiger partial charge is 0.143 e. The van der Waals surface area contributed by atoms with Crippen molar-refractivity contribution in [2.24, 2.45) is 17.8 Å². The van der Waals surface area contributed by atoms with E-state index >= 15 is 0 Å². The number of nitrogens with one attached hydrogen (secondary N) is 1. The summed E-state index contributed by atoms with van der Waals surface area (Å²) in [6, 6.07) is 7.19. The fourth-order valence-corrected chi connectivity index (χ4v) is 6.93. The molecule has 27 heavy (non-hydrogen) atoms. The fourth-order valence-electron chi connectivity index (χ4n) is 6.93. The number of nitrogens with two attached hydrogens (primary N) is 1. The third kappa shape index (κ3) is 3.19. The molecule has 2 unspecified atom stereocenters. The average molecular weight is 372 g/mol. The quantitative estimate of drug-likeness (QED) is 0.710. The first kappa shape index (κ1) is 17.6. The van der Waals surface area contributed by atoms with E-state index in [1.807, 2.05) is 18.2 Å². The number of hydrogen-bond acceptors (Lipinski definition) is 5. The molecule has 0 radical (unpaired) electrons. The number of rotatable bonds is 4. The van der Waals surface area contributed by atoms with Gasteiger partial charge in [-0.3, -0.25) is 4.90 Å². The molecule has 1 heterocycles. The van der Waals surface area contributed by atoms with Crippen LogP contribution in [0, 0.1) is 17.8 Å². The van der Waals surface area contributed by atoms with Gasteiger partial charge in [0.15, 0.2) is 0 Å². The van der Waals surface area contributed by atoms with Gasteiger partial charge in [-0.25, -0.2) is 0 Å². The van der Waals surface area contributed by atoms with Crippen molar-refractivity contribution >= 4 is 11.4 Å². The summed E-state index contributed by atoms with van der Waals surface area (Å²) in [6.45, 7) is 2.34. The zero-order chi connectivity index (χ0) is 18.6. The van der Waals surface area contributed by atoms with E-state index in [1.165, 1.54) is 38.8 Å². The molecule has 0 spiro atoms. The van der Waals surface area contributed by atoms with Crippen LogP contribution in [0.25, 0.3) is 0 Å². The maximum atomic E-state index is 10.8. The molecule has 5 heteroatoms. The van der Waals surface area contributed by atoms with Crippen molar-refractivity contribution in [1.29, 1.82) is 0 Å². The Morgan fingerprint density at radius 2 is 1.85 bits per heavy atom. The minimum Gasteiger partial charge on any atom is -0.495 e. The molecule has 5 fully saturated rings. The Kier molecular flexibility index (Phi) is 4.28. The van der Waals surface area contributed by atoms with Gasteiger partial charge in [0.25, 0.3) is 0 Å². The van der Waals surface area contributed by atoms with Crippen LogP contribution in [0.3, 0.4) is 0 Å². The number of benzene rings is 1. The van der Waals surface area contributed by atoms with Gasteiger partial charge >= 0.3 is 0 Å². The number of piperidine rings is 1. The molecule has 1 aromatic rings. The first-order valence-corrected chi connectivity index (χ1v) is 10.7. The molecule has 4 N–H and O–H groups in total. The molecule has 0 amide bonds. The summed E-state index contributed by atoms with van der Waals surface area (Å²) in [5.74, 6) is 2.99. The first-order valence-electron chi connectivity index (χ1n) is 10.7. The number of ether oxygens (including phenoxy) is 1.